The highest BCUT2D eigenvalue weighted by molar-refractivity contribution is 5.74. The average molecular weight is 205 g/mol. The van der Waals surface area contributed by atoms with Crippen LogP contribution in [0.3, 0.4) is 0 Å². The van der Waals surface area contributed by atoms with Crippen LogP contribution in [-0.2, 0) is 19.1 Å². The molecule has 0 saturated heterocycles. The molecule has 0 fully saturated rings. The molecule has 0 saturated carbocycles. The van der Waals surface area contributed by atoms with Crippen LogP contribution >= 0.6 is 0 Å². The van der Waals surface area contributed by atoms with Gasteiger partial charge >= 0.3 is 11.9 Å². The molecule has 14 heavy (non-hydrogen) atoms. The predicted molar refractivity (Wildman–Crippen MR) is 47.6 cm³/mol. The Bertz CT molecular complexity index is 176. The molecule has 82 valence electrons. The summed E-state index contributed by atoms with van der Waals surface area (Å²) in [6.07, 6.45) is 0. The van der Waals surface area contributed by atoms with Crippen molar-refractivity contribution in [2.75, 3.05) is 40.5 Å². The first-order chi connectivity index (χ1) is 6.63. The van der Waals surface area contributed by atoms with Gasteiger partial charge in [-0.25, -0.2) is 0 Å². The molecule has 6 nitrogen and oxygen atoms in total. The molecule has 0 heterocycles. The fourth-order valence-electron chi connectivity index (χ4n) is 0.850. The van der Waals surface area contributed by atoms with Crippen LogP contribution < -0.4 is 0 Å². The van der Waals surface area contributed by atoms with E-state index in [2.05, 4.69) is 9.47 Å². The Balaban J connectivity index is 4.00. The molecular formula is C8H15NO5. The van der Waals surface area contributed by atoms with Crippen molar-refractivity contribution in [1.29, 1.82) is 0 Å². The van der Waals surface area contributed by atoms with Crippen LogP contribution in [-0.4, -0.2) is 62.4 Å². The van der Waals surface area contributed by atoms with E-state index in [4.69, 9.17) is 5.11 Å². The van der Waals surface area contributed by atoms with E-state index in [0.717, 1.165) is 0 Å². The Morgan fingerprint density at radius 1 is 1.14 bits per heavy atom. The van der Waals surface area contributed by atoms with Gasteiger partial charge in [-0.1, -0.05) is 0 Å². The number of aliphatic hydroxyl groups excluding tert-OH is 1. The molecule has 0 aliphatic heterocycles. The summed E-state index contributed by atoms with van der Waals surface area (Å²) in [4.78, 5) is 23.2. The monoisotopic (exact) mass is 205 g/mol. The van der Waals surface area contributed by atoms with Gasteiger partial charge in [-0.2, -0.15) is 0 Å². The van der Waals surface area contributed by atoms with Gasteiger partial charge in [0.05, 0.1) is 33.9 Å². The van der Waals surface area contributed by atoms with Crippen LogP contribution in [0.15, 0.2) is 0 Å². The van der Waals surface area contributed by atoms with E-state index in [9.17, 15) is 9.59 Å². The van der Waals surface area contributed by atoms with Gasteiger partial charge in [0.1, 0.15) is 0 Å². The summed E-state index contributed by atoms with van der Waals surface area (Å²) in [5, 5.41) is 8.66. The van der Waals surface area contributed by atoms with Crippen LogP contribution in [0, 0.1) is 0 Å². The molecule has 0 spiro atoms. The van der Waals surface area contributed by atoms with Crippen molar-refractivity contribution in [3.05, 3.63) is 0 Å². The zero-order chi connectivity index (χ0) is 11.0. The lowest BCUT2D eigenvalue weighted by atomic mass is 10.4. The van der Waals surface area contributed by atoms with Gasteiger partial charge in [0.2, 0.25) is 0 Å². The number of hydrogen-bond acceptors (Lipinski definition) is 6. The maximum absolute atomic E-state index is 10.9. The Kier molecular flexibility index (Phi) is 6.69. The molecule has 0 aromatic heterocycles. The molecule has 0 aromatic carbocycles. The zero-order valence-corrected chi connectivity index (χ0v) is 8.36. The lowest BCUT2D eigenvalue weighted by Crippen LogP contribution is -2.37. The van der Waals surface area contributed by atoms with Crippen molar-refractivity contribution >= 4 is 11.9 Å². The number of carbonyl (C=O) groups excluding carboxylic acids is 2. The second-order valence-corrected chi connectivity index (χ2v) is 2.59. The molecule has 0 aliphatic rings. The molecule has 0 bridgehead atoms. The van der Waals surface area contributed by atoms with Crippen LogP contribution in [0.2, 0.25) is 0 Å². The lowest BCUT2D eigenvalue weighted by molar-refractivity contribution is -0.145. The normalized spacial score (nSPS) is 10.0. The summed E-state index contributed by atoms with van der Waals surface area (Å²) in [5.41, 5.74) is 0. The first-order valence-corrected chi connectivity index (χ1v) is 4.11. The van der Waals surface area contributed by atoms with Crippen molar-refractivity contribution in [2.24, 2.45) is 0 Å². The number of aliphatic hydroxyl groups is 1. The van der Waals surface area contributed by atoms with E-state index in [0.29, 0.717) is 0 Å². The predicted octanol–water partition coefficient (Wildman–Crippen LogP) is -1.37. The van der Waals surface area contributed by atoms with Gasteiger partial charge in [-0.05, 0) is 0 Å². The first-order valence-electron chi connectivity index (χ1n) is 4.11. The average Bonchev–Trinajstić information content (AvgIpc) is 2.17. The molecule has 1 N–H and O–H groups in total. The number of methoxy groups -OCH3 is 2. The fourth-order valence-corrected chi connectivity index (χ4v) is 0.850. The third-order valence-electron chi connectivity index (χ3n) is 1.58. The maximum atomic E-state index is 10.9. The summed E-state index contributed by atoms with van der Waals surface area (Å²) < 4.78 is 8.86. The van der Waals surface area contributed by atoms with E-state index in [1.807, 2.05) is 0 Å². The Hall–Kier alpha value is -1.14. The number of rotatable bonds is 6. The summed E-state index contributed by atoms with van der Waals surface area (Å²) in [5.74, 6) is -0.912. The molecule has 0 unspecified atom stereocenters. The first kappa shape index (κ1) is 12.9. The zero-order valence-electron chi connectivity index (χ0n) is 8.36. The van der Waals surface area contributed by atoms with Crippen molar-refractivity contribution in [3.8, 4) is 0 Å². The van der Waals surface area contributed by atoms with Gasteiger partial charge in [-0.15, -0.1) is 0 Å². The van der Waals surface area contributed by atoms with Crippen molar-refractivity contribution in [2.45, 2.75) is 0 Å². The topological polar surface area (TPSA) is 76.1 Å². The molecule has 0 atom stereocenters. The summed E-state index contributed by atoms with van der Waals surface area (Å²) >= 11 is 0. The van der Waals surface area contributed by atoms with Gasteiger partial charge < -0.3 is 14.6 Å². The van der Waals surface area contributed by atoms with Gasteiger partial charge in [0.15, 0.2) is 0 Å². The SMILES string of the molecule is COC(=O)CN(CCO)CC(=O)OC. The van der Waals surface area contributed by atoms with Crippen molar-refractivity contribution < 1.29 is 24.2 Å². The molecule has 0 aliphatic carbocycles. The van der Waals surface area contributed by atoms with Gasteiger partial charge in [-0.3, -0.25) is 14.5 Å². The third-order valence-corrected chi connectivity index (χ3v) is 1.58. The molecule has 0 aromatic rings. The summed E-state index contributed by atoms with van der Waals surface area (Å²) in [6.45, 7) is 0.0243. The smallest absolute Gasteiger partial charge is 0.319 e. The maximum Gasteiger partial charge on any atom is 0.319 e. The number of ether oxygens (including phenoxy) is 2. The minimum atomic E-state index is -0.456. The van der Waals surface area contributed by atoms with Crippen LogP contribution in [0.5, 0.6) is 0 Å². The third kappa shape index (κ3) is 5.50. The molecule has 0 amide bonds. The number of carbonyl (C=O) groups is 2. The van der Waals surface area contributed by atoms with Crippen LogP contribution in [0.1, 0.15) is 0 Å². The quantitative estimate of drug-likeness (QED) is 0.539. The van der Waals surface area contributed by atoms with E-state index < -0.39 is 11.9 Å². The Labute approximate surface area is 82.4 Å². The summed E-state index contributed by atoms with van der Waals surface area (Å²) in [6, 6.07) is 0. The molecule has 0 rings (SSSR count). The number of esters is 2. The van der Waals surface area contributed by atoms with Gasteiger partial charge in [0, 0.05) is 6.54 Å². The van der Waals surface area contributed by atoms with Crippen molar-refractivity contribution in [3.63, 3.8) is 0 Å². The van der Waals surface area contributed by atoms with E-state index in [1.165, 1.54) is 19.1 Å². The Morgan fingerprint density at radius 2 is 1.57 bits per heavy atom. The van der Waals surface area contributed by atoms with Gasteiger partial charge in [0.25, 0.3) is 0 Å². The van der Waals surface area contributed by atoms with E-state index in [-0.39, 0.29) is 26.2 Å². The molecule has 6 heteroatoms. The van der Waals surface area contributed by atoms with Crippen molar-refractivity contribution in [1.82, 2.24) is 4.90 Å². The number of hydrogen-bond donors (Lipinski definition) is 1. The largest absolute Gasteiger partial charge is 0.468 e. The highest BCUT2D eigenvalue weighted by Crippen LogP contribution is 1.90. The summed E-state index contributed by atoms with van der Waals surface area (Å²) in [7, 11) is 2.52. The minimum absolute atomic E-state index is 0.0356. The van der Waals surface area contributed by atoms with Crippen LogP contribution in [0.25, 0.3) is 0 Å². The Morgan fingerprint density at radius 3 is 1.86 bits per heavy atom. The highest BCUT2D eigenvalue weighted by Gasteiger charge is 2.14. The van der Waals surface area contributed by atoms with Crippen LogP contribution in [0.4, 0.5) is 0 Å². The highest BCUT2D eigenvalue weighted by atomic mass is 16.5. The van der Waals surface area contributed by atoms with E-state index >= 15 is 0 Å². The second kappa shape index (κ2) is 7.28. The minimum Gasteiger partial charge on any atom is -0.468 e. The fraction of sp³-hybridized carbons (Fsp3) is 0.750. The molecule has 0 radical (unpaired) electrons. The lowest BCUT2D eigenvalue weighted by Gasteiger charge is -2.17. The second-order valence-electron chi connectivity index (χ2n) is 2.59. The van der Waals surface area contributed by atoms with E-state index in [1.54, 1.807) is 0 Å². The standard InChI is InChI=1S/C8H15NO5/c1-13-7(11)5-9(3-4-10)6-8(12)14-2/h10H,3-6H2,1-2H3. The number of nitrogens with zero attached hydrogens (tertiary/aromatic N) is 1. The molecular weight excluding hydrogens is 190 g/mol.